The van der Waals surface area contributed by atoms with Crippen molar-refractivity contribution >= 4 is 57.6 Å². The molecule has 1 N–H and O–H groups in total. The van der Waals surface area contributed by atoms with Gasteiger partial charge in [0.05, 0.1) is 41.3 Å². The van der Waals surface area contributed by atoms with Crippen LogP contribution < -0.4 is 5.32 Å². The fraction of sp³-hybridized carbons (Fsp3) is 0.400. The van der Waals surface area contributed by atoms with Gasteiger partial charge in [0.1, 0.15) is 5.60 Å². The predicted octanol–water partition coefficient (Wildman–Crippen LogP) is 7.73. The lowest BCUT2D eigenvalue weighted by Crippen LogP contribution is -2.47. The van der Waals surface area contributed by atoms with Gasteiger partial charge in [-0.05, 0) is 86.3 Å². The summed E-state index contributed by atoms with van der Waals surface area (Å²) in [6.07, 6.45) is -1.55. The number of hydrogen-bond acceptors (Lipinski definition) is 6. The van der Waals surface area contributed by atoms with Crippen LogP contribution in [0.2, 0.25) is 5.02 Å². The van der Waals surface area contributed by atoms with Gasteiger partial charge in [0, 0.05) is 10.4 Å². The molecule has 0 aliphatic carbocycles. The molecule has 1 aliphatic rings. The minimum atomic E-state index is -4.57. The van der Waals surface area contributed by atoms with Gasteiger partial charge in [-0.2, -0.15) is 18.3 Å². The minimum Gasteiger partial charge on any atom is -0.444 e. The first kappa shape index (κ1) is 32.4. The fourth-order valence-corrected chi connectivity index (χ4v) is 5.71. The molecule has 2 aromatic carbocycles. The van der Waals surface area contributed by atoms with Gasteiger partial charge in [-0.25, -0.2) is 4.79 Å². The number of carbonyl (C=O) groups is 3. The van der Waals surface area contributed by atoms with Crippen LogP contribution in [0.1, 0.15) is 57.7 Å². The molecule has 1 aliphatic heterocycles. The van der Waals surface area contributed by atoms with E-state index in [-0.39, 0.29) is 34.5 Å². The highest BCUT2D eigenvalue weighted by Gasteiger charge is 2.37. The Balaban J connectivity index is 1.51. The van der Waals surface area contributed by atoms with Crippen molar-refractivity contribution in [3.63, 3.8) is 0 Å². The van der Waals surface area contributed by atoms with E-state index in [0.717, 1.165) is 22.7 Å². The number of rotatable bonds is 8. The maximum atomic E-state index is 13.6. The second kappa shape index (κ2) is 12.6. The smallest absolute Gasteiger partial charge is 0.416 e. The molecule has 13 heteroatoms. The van der Waals surface area contributed by atoms with Gasteiger partial charge in [0.25, 0.3) is 11.1 Å². The van der Waals surface area contributed by atoms with Crippen LogP contribution in [0.15, 0.2) is 47.5 Å². The summed E-state index contributed by atoms with van der Waals surface area (Å²) in [7, 11) is 0. The van der Waals surface area contributed by atoms with Crippen molar-refractivity contribution in [3.05, 3.63) is 69.2 Å². The number of aromatic nitrogens is 2. The average Bonchev–Trinajstić information content (AvgIpc) is 3.38. The zero-order valence-corrected chi connectivity index (χ0v) is 25.9. The lowest BCUT2D eigenvalue weighted by molar-refractivity contribution is -0.138. The Morgan fingerprint density at radius 3 is 2.51 bits per heavy atom. The first-order valence-electron chi connectivity index (χ1n) is 13.6. The van der Waals surface area contributed by atoms with Gasteiger partial charge >= 0.3 is 12.3 Å². The van der Waals surface area contributed by atoms with Crippen LogP contribution in [-0.4, -0.2) is 50.1 Å². The quantitative estimate of drug-likeness (QED) is 0.254. The van der Waals surface area contributed by atoms with E-state index in [4.69, 9.17) is 16.3 Å². The molecular weight excluding hydrogens is 605 g/mol. The van der Waals surface area contributed by atoms with Crippen molar-refractivity contribution in [1.29, 1.82) is 0 Å². The van der Waals surface area contributed by atoms with Gasteiger partial charge < -0.3 is 10.1 Å². The summed E-state index contributed by atoms with van der Waals surface area (Å²) in [4.78, 5) is 39.7. The lowest BCUT2D eigenvalue weighted by atomic mass is 10.0. The number of alkyl carbamates (subject to hydrolysis) is 1. The fourth-order valence-electron chi connectivity index (χ4n) is 4.68. The van der Waals surface area contributed by atoms with Crippen molar-refractivity contribution < 1.29 is 32.3 Å². The van der Waals surface area contributed by atoms with Crippen molar-refractivity contribution in [1.82, 2.24) is 20.0 Å². The number of halogens is 4. The van der Waals surface area contributed by atoms with Gasteiger partial charge in [-0.15, -0.1) is 0 Å². The Morgan fingerprint density at radius 1 is 1.14 bits per heavy atom. The minimum absolute atomic E-state index is 0.00412. The molecule has 43 heavy (non-hydrogen) atoms. The number of hydrogen-bond donors (Lipinski definition) is 1. The van der Waals surface area contributed by atoms with E-state index in [0.29, 0.717) is 22.9 Å². The largest absolute Gasteiger partial charge is 0.444 e. The highest BCUT2D eigenvalue weighted by Crippen LogP contribution is 2.35. The molecule has 3 aromatic rings. The summed E-state index contributed by atoms with van der Waals surface area (Å²) in [6.45, 7) is 9.06. The highest BCUT2D eigenvalue weighted by atomic mass is 35.5. The van der Waals surface area contributed by atoms with Crippen LogP contribution in [-0.2, 0) is 22.3 Å². The average molecular weight is 637 g/mol. The molecular formula is C30H32ClF3N4O4S. The number of alkyl halides is 3. The first-order valence-corrected chi connectivity index (χ1v) is 14.8. The van der Waals surface area contributed by atoms with Gasteiger partial charge in [0.2, 0.25) is 0 Å². The van der Waals surface area contributed by atoms with Crippen LogP contribution in [0.25, 0.3) is 17.0 Å². The number of ether oxygens (including phenoxy) is 1. The standard InChI is InChI=1S/C30H32ClF3N4O4S/c1-17(2)10-22(36-27(40)42-29(3,4)5)16-37-26(39)25(43-28(37)41)12-18-6-9-24-20(11-18)14-35-38(24)15-19-7-8-21(31)13-23(19)30(32,33)34/h6-9,11-14,17,22H,10,15-16H2,1-5H3,(H,36,40)/t22-/m1/s1. The predicted molar refractivity (Wildman–Crippen MR) is 161 cm³/mol. The van der Waals surface area contributed by atoms with Gasteiger partial charge in [-0.3, -0.25) is 19.2 Å². The number of nitrogens with zero attached hydrogens (tertiary/aromatic N) is 3. The summed E-state index contributed by atoms with van der Waals surface area (Å²) in [5.41, 5.74) is -0.287. The van der Waals surface area contributed by atoms with Crippen LogP contribution >= 0.6 is 23.4 Å². The lowest BCUT2D eigenvalue weighted by Gasteiger charge is -2.26. The Kier molecular flexibility index (Phi) is 9.51. The molecule has 1 fully saturated rings. The van der Waals surface area contributed by atoms with Crippen molar-refractivity contribution in [2.45, 2.75) is 65.4 Å². The molecule has 4 rings (SSSR count). The third-order valence-corrected chi connectivity index (χ3v) is 7.56. The first-order chi connectivity index (χ1) is 20.0. The second-order valence-corrected chi connectivity index (χ2v) is 13.1. The monoisotopic (exact) mass is 636 g/mol. The SMILES string of the molecule is CC(C)C[C@H](CN1C(=O)SC(=Cc2ccc3c(cnn3Cc3ccc(Cl)cc3C(F)(F)F)c2)C1=O)NC(=O)OC(C)(C)C. The van der Waals surface area contributed by atoms with E-state index in [1.165, 1.54) is 23.0 Å². The normalized spacial score (nSPS) is 16.0. The van der Waals surface area contributed by atoms with E-state index >= 15 is 0 Å². The highest BCUT2D eigenvalue weighted by molar-refractivity contribution is 8.18. The second-order valence-electron chi connectivity index (χ2n) is 11.7. The zero-order valence-electron chi connectivity index (χ0n) is 24.3. The van der Waals surface area contributed by atoms with Crippen molar-refractivity contribution in [2.75, 3.05) is 6.54 Å². The topological polar surface area (TPSA) is 93.5 Å². The Hall–Kier alpha value is -3.51. The summed E-state index contributed by atoms with van der Waals surface area (Å²) < 4.78 is 47.5. The van der Waals surface area contributed by atoms with Gasteiger partial charge in [-0.1, -0.05) is 37.6 Å². The van der Waals surface area contributed by atoms with E-state index < -0.39 is 40.6 Å². The maximum absolute atomic E-state index is 13.6. The zero-order chi connectivity index (χ0) is 31.7. The number of thioether (sulfide) groups is 1. The Bertz CT molecular complexity index is 1580. The summed E-state index contributed by atoms with van der Waals surface area (Å²) in [5, 5.41) is 7.23. The summed E-state index contributed by atoms with van der Waals surface area (Å²) >= 11 is 6.60. The molecule has 0 saturated carbocycles. The third-order valence-electron chi connectivity index (χ3n) is 6.41. The van der Waals surface area contributed by atoms with E-state index in [2.05, 4.69) is 10.4 Å². The molecule has 0 radical (unpaired) electrons. The summed E-state index contributed by atoms with van der Waals surface area (Å²) in [6, 6.07) is 8.28. The summed E-state index contributed by atoms with van der Waals surface area (Å²) in [5.74, 6) is -0.296. The molecule has 1 aromatic heterocycles. The number of benzene rings is 2. The molecule has 0 spiro atoms. The molecule has 0 bridgehead atoms. The number of fused-ring (bicyclic) bond motifs is 1. The molecule has 3 amide bonds. The van der Waals surface area contributed by atoms with Crippen LogP contribution in [0.4, 0.5) is 22.8 Å². The molecule has 230 valence electrons. The number of carbonyl (C=O) groups excluding carboxylic acids is 3. The molecule has 8 nitrogen and oxygen atoms in total. The van der Waals surface area contributed by atoms with E-state index in [9.17, 15) is 27.6 Å². The van der Waals surface area contributed by atoms with Crippen molar-refractivity contribution in [2.24, 2.45) is 5.92 Å². The third kappa shape index (κ3) is 8.32. The van der Waals surface area contributed by atoms with Crippen LogP contribution in [0, 0.1) is 5.92 Å². The van der Waals surface area contributed by atoms with Crippen LogP contribution in [0.5, 0.6) is 0 Å². The van der Waals surface area contributed by atoms with Crippen LogP contribution in [0.3, 0.4) is 0 Å². The number of amides is 3. The number of imide groups is 1. The van der Waals surface area contributed by atoms with E-state index in [1.807, 2.05) is 13.8 Å². The molecule has 1 atom stereocenters. The molecule has 2 heterocycles. The Morgan fingerprint density at radius 2 is 1.86 bits per heavy atom. The van der Waals surface area contributed by atoms with E-state index in [1.54, 1.807) is 45.0 Å². The Labute approximate surface area is 256 Å². The molecule has 1 saturated heterocycles. The van der Waals surface area contributed by atoms with Gasteiger partial charge in [0.15, 0.2) is 0 Å². The van der Waals surface area contributed by atoms with Crippen molar-refractivity contribution in [3.8, 4) is 0 Å². The maximum Gasteiger partial charge on any atom is 0.416 e. The number of nitrogens with one attached hydrogen (secondary N) is 1. The molecule has 0 unspecified atom stereocenters.